The first kappa shape index (κ1) is 12.8. The lowest BCUT2D eigenvalue weighted by atomic mass is 10.1. The number of carbonyl (C=O) groups is 1. The van der Waals surface area contributed by atoms with Gasteiger partial charge in [-0.2, -0.15) is 5.10 Å². The van der Waals surface area contributed by atoms with Crippen LogP contribution in [0.1, 0.15) is 23.3 Å². The molecule has 1 atom stereocenters. The number of rotatable bonds is 2. The lowest BCUT2D eigenvalue weighted by Crippen LogP contribution is -2.45. The molecule has 3 heterocycles. The van der Waals surface area contributed by atoms with Gasteiger partial charge in [-0.05, 0) is 31.0 Å². The third kappa shape index (κ3) is 2.55. The highest BCUT2D eigenvalue weighted by atomic mass is 16.2. The summed E-state index contributed by atoms with van der Waals surface area (Å²) in [5.74, 6) is 0.580. The minimum atomic E-state index is -0.0610. The van der Waals surface area contributed by atoms with Crippen LogP contribution in [-0.4, -0.2) is 44.7 Å². The van der Waals surface area contributed by atoms with Crippen LogP contribution in [-0.2, 0) is 0 Å². The van der Waals surface area contributed by atoms with Crippen LogP contribution in [0.4, 0.5) is 0 Å². The van der Waals surface area contributed by atoms with Gasteiger partial charge in [-0.15, -0.1) is 0 Å². The maximum Gasteiger partial charge on any atom is 0.272 e. The Balaban J connectivity index is 1.83. The molecule has 20 heavy (non-hydrogen) atoms. The second-order valence-corrected chi connectivity index (χ2v) is 4.99. The Morgan fingerprint density at radius 3 is 3.00 bits per heavy atom. The van der Waals surface area contributed by atoms with Crippen molar-refractivity contribution < 1.29 is 4.79 Å². The Morgan fingerprint density at radius 2 is 2.25 bits per heavy atom. The molecule has 1 saturated heterocycles. The summed E-state index contributed by atoms with van der Waals surface area (Å²) >= 11 is 0. The number of nitrogens with two attached hydrogens (primary N) is 1. The first-order chi connectivity index (χ1) is 9.74. The molecule has 1 aliphatic rings. The lowest BCUT2D eigenvalue weighted by molar-refractivity contribution is 0.0703. The zero-order valence-electron chi connectivity index (χ0n) is 11.1. The van der Waals surface area contributed by atoms with Crippen LogP contribution in [0.15, 0.2) is 36.7 Å². The van der Waals surface area contributed by atoms with Crippen molar-refractivity contribution >= 4 is 5.91 Å². The number of carbonyl (C=O) groups excluding carboxylic acids is 1. The summed E-state index contributed by atoms with van der Waals surface area (Å²) < 4.78 is 1.64. The molecule has 2 aromatic heterocycles. The molecule has 1 aliphatic heterocycles. The van der Waals surface area contributed by atoms with E-state index in [9.17, 15) is 4.79 Å². The second-order valence-electron chi connectivity index (χ2n) is 4.99. The topological polar surface area (TPSA) is 77.0 Å². The molecule has 0 unspecified atom stereocenters. The Bertz CT molecular complexity index is 595. The van der Waals surface area contributed by atoms with Crippen LogP contribution in [0.3, 0.4) is 0 Å². The Morgan fingerprint density at radius 1 is 1.35 bits per heavy atom. The van der Waals surface area contributed by atoms with Crippen molar-refractivity contribution in [3.63, 3.8) is 0 Å². The first-order valence-corrected chi connectivity index (χ1v) is 6.76. The van der Waals surface area contributed by atoms with Gasteiger partial charge in [0.15, 0.2) is 5.82 Å². The highest BCUT2D eigenvalue weighted by molar-refractivity contribution is 5.92. The average Bonchev–Trinajstić information content (AvgIpc) is 3.01. The quantitative estimate of drug-likeness (QED) is 0.877. The fourth-order valence-electron chi connectivity index (χ4n) is 2.43. The van der Waals surface area contributed by atoms with Crippen LogP contribution < -0.4 is 5.73 Å². The molecular formula is C14H17N5O. The zero-order chi connectivity index (χ0) is 13.9. The highest BCUT2D eigenvalue weighted by Crippen LogP contribution is 2.13. The van der Waals surface area contributed by atoms with Gasteiger partial charge in [-0.1, -0.05) is 6.07 Å². The van der Waals surface area contributed by atoms with Gasteiger partial charge in [0.05, 0.1) is 0 Å². The SMILES string of the molecule is N[C@H]1CCCN(C(=O)c2cccc(-n3cccn3)n2)C1. The summed E-state index contributed by atoms with van der Waals surface area (Å²) in [6.45, 7) is 1.35. The second kappa shape index (κ2) is 5.42. The van der Waals surface area contributed by atoms with Crippen molar-refractivity contribution in [2.75, 3.05) is 13.1 Å². The molecule has 1 amide bonds. The molecule has 6 nitrogen and oxygen atoms in total. The Hall–Kier alpha value is -2.21. The third-order valence-corrected chi connectivity index (χ3v) is 3.44. The number of nitrogens with zero attached hydrogens (tertiary/aromatic N) is 4. The molecule has 3 rings (SSSR count). The number of hydrogen-bond donors (Lipinski definition) is 1. The smallest absolute Gasteiger partial charge is 0.272 e. The average molecular weight is 271 g/mol. The van der Waals surface area contributed by atoms with Crippen molar-refractivity contribution in [1.29, 1.82) is 0 Å². The fourth-order valence-corrected chi connectivity index (χ4v) is 2.43. The van der Waals surface area contributed by atoms with Gasteiger partial charge in [-0.3, -0.25) is 4.79 Å². The summed E-state index contributed by atoms with van der Waals surface area (Å²) in [5.41, 5.74) is 6.36. The van der Waals surface area contributed by atoms with Crippen LogP contribution in [0, 0.1) is 0 Å². The van der Waals surface area contributed by atoms with Crippen LogP contribution in [0.5, 0.6) is 0 Å². The van der Waals surface area contributed by atoms with Gasteiger partial charge in [0.25, 0.3) is 5.91 Å². The van der Waals surface area contributed by atoms with Gasteiger partial charge in [-0.25, -0.2) is 9.67 Å². The number of aromatic nitrogens is 3. The summed E-state index contributed by atoms with van der Waals surface area (Å²) in [5, 5.41) is 4.12. The zero-order valence-corrected chi connectivity index (χ0v) is 11.1. The lowest BCUT2D eigenvalue weighted by Gasteiger charge is -2.30. The molecule has 0 spiro atoms. The molecule has 2 N–H and O–H groups in total. The van der Waals surface area contributed by atoms with Gasteiger partial charge in [0.1, 0.15) is 5.69 Å². The van der Waals surface area contributed by atoms with Crippen molar-refractivity contribution in [1.82, 2.24) is 19.7 Å². The molecule has 6 heteroatoms. The largest absolute Gasteiger partial charge is 0.336 e. The standard InChI is InChI=1S/C14H17N5O/c15-11-4-2-8-18(10-11)14(20)12-5-1-6-13(17-12)19-9-3-7-16-19/h1,3,5-7,9,11H,2,4,8,10,15H2/t11-/m0/s1. The molecule has 0 aliphatic carbocycles. The number of pyridine rings is 1. The van der Waals surface area contributed by atoms with E-state index in [2.05, 4.69) is 10.1 Å². The summed E-state index contributed by atoms with van der Waals surface area (Å²) in [7, 11) is 0. The van der Waals surface area contributed by atoms with Crippen molar-refractivity contribution in [3.8, 4) is 5.82 Å². The van der Waals surface area contributed by atoms with Gasteiger partial charge >= 0.3 is 0 Å². The number of piperidine rings is 1. The summed E-state index contributed by atoms with van der Waals surface area (Å²) in [6.07, 6.45) is 5.41. The normalized spacial score (nSPS) is 19.1. The summed E-state index contributed by atoms with van der Waals surface area (Å²) in [4.78, 5) is 18.6. The molecule has 0 bridgehead atoms. The van der Waals surface area contributed by atoms with E-state index >= 15 is 0 Å². The van der Waals surface area contributed by atoms with E-state index in [0.29, 0.717) is 18.1 Å². The fraction of sp³-hybridized carbons (Fsp3) is 0.357. The predicted molar refractivity (Wildman–Crippen MR) is 74.5 cm³/mol. The first-order valence-electron chi connectivity index (χ1n) is 6.76. The van der Waals surface area contributed by atoms with Crippen LogP contribution in [0.25, 0.3) is 5.82 Å². The molecular weight excluding hydrogens is 254 g/mol. The minimum Gasteiger partial charge on any atom is -0.336 e. The third-order valence-electron chi connectivity index (χ3n) is 3.44. The highest BCUT2D eigenvalue weighted by Gasteiger charge is 2.23. The van der Waals surface area contributed by atoms with E-state index in [1.165, 1.54) is 0 Å². The Kier molecular flexibility index (Phi) is 3.47. The molecule has 104 valence electrons. The maximum atomic E-state index is 12.4. The molecule has 0 aromatic carbocycles. The monoisotopic (exact) mass is 271 g/mol. The van der Waals surface area contributed by atoms with Gasteiger partial charge in [0.2, 0.25) is 0 Å². The number of hydrogen-bond acceptors (Lipinski definition) is 4. The van der Waals surface area contributed by atoms with E-state index in [-0.39, 0.29) is 11.9 Å². The van der Waals surface area contributed by atoms with Gasteiger partial charge < -0.3 is 10.6 Å². The van der Waals surface area contributed by atoms with Crippen LogP contribution >= 0.6 is 0 Å². The van der Waals surface area contributed by atoms with E-state index in [4.69, 9.17) is 5.73 Å². The van der Waals surface area contributed by atoms with Crippen molar-refractivity contribution in [3.05, 3.63) is 42.4 Å². The molecule has 1 fully saturated rings. The summed E-state index contributed by atoms with van der Waals surface area (Å²) in [6, 6.07) is 7.27. The van der Waals surface area contributed by atoms with E-state index in [1.807, 2.05) is 18.2 Å². The van der Waals surface area contributed by atoms with E-state index in [0.717, 1.165) is 19.4 Å². The maximum absolute atomic E-state index is 12.4. The molecule has 0 radical (unpaired) electrons. The molecule has 2 aromatic rings. The van der Waals surface area contributed by atoms with Crippen molar-refractivity contribution in [2.24, 2.45) is 5.73 Å². The predicted octanol–water partition coefficient (Wildman–Crippen LogP) is 0.831. The molecule has 0 saturated carbocycles. The minimum absolute atomic E-state index is 0.0610. The van der Waals surface area contributed by atoms with E-state index in [1.54, 1.807) is 28.0 Å². The number of likely N-dealkylation sites (tertiary alicyclic amines) is 1. The van der Waals surface area contributed by atoms with Crippen molar-refractivity contribution in [2.45, 2.75) is 18.9 Å². The van der Waals surface area contributed by atoms with E-state index < -0.39 is 0 Å². The van der Waals surface area contributed by atoms with Crippen LogP contribution in [0.2, 0.25) is 0 Å². The Labute approximate surface area is 117 Å². The van der Waals surface area contributed by atoms with Gasteiger partial charge in [0, 0.05) is 31.5 Å². The number of amides is 1.